The minimum Gasteiger partial charge on any atom is -0.261 e. The van der Waals surface area contributed by atoms with Crippen LogP contribution in [0.25, 0.3) is 11.1 Å². The van der Waals surface area contributed by atoms with E-state index in [4.69, 9.17) is 0 Å². The zero-order chi connectivity index (χ0) is 11.3. The molecule has 0 spiro atoms. The molecule has 3 rings (SSSR count). The molecule has 80 valence electrons. The van der Waals surface area contributed by atoms with Gasteiger partial charge in [0.05, 0.1) is 0 Å². The van der Waals surface area contributed by atoms with E-state index in [0.717, 1.165) is 12.1 Å². The first-order chi connectivity index (χ1) is 7.68. The number of rotatable bonds is 0. The fourth-order valence-corrected chi connectivity index (χ4v) is 2.68. The van der Waals surface area contributed by atoms with Gasteiger partial charge in [-0.1, -0.05) is 18.2 Å². The summed E-state index contributed by atoms with van der Waals surface area (Å²) in [6.07, 6.45) is 3.08. The minimum absolute atomic E-state index is 1.04. The van der Waals surface area contributed by atoms with Crippen LogP contribution in [-0.4, -0.2) is 4.98 Å². The predicted molar refractivity (Wildman–Crippen MR) is 66.7 cm³/mol. The van der Waals surface area contributed by atoms with Crippen LogP contribution in [-0.2, 0) is 6.42 Å². The van der Waals surface area contributed by atoms with Crippen molar-refractivity contribution in [1.29, 1.82) is 0 Å². The Morgan fingerprint density at radius 1 is 1.00 bits per heavy atom. The molecule has 2 aromatic rings. The summed E-state index contributed by atoms with van der Waals surface area (Å²) in [5, 5.41) is 0. The number of hydrogen-bond donors (Lipinski definition) is 0. The van der Waals surface area contributed by atoms with E-state index in [0.29, 0.717) is 0 Å². The van der Waals surface area contributed by atoms with Gasteiger partial charge in [0.2, 0.25) is 0 Å². The highest BCUT2D eigenvalue weighted by Gasteiger charge is 2.22. The average molecular weight is 209 g/mol. The summed E-state index contributed by atoms with van der Waals surface area (Å²) in [5.41, 5.74) is 9.57. The van der Waals surface area contributed by atoms with Gasteiger partial charge in [0.15, 0.2) is 0 Å². The van der Waals surface area contributed by atoms with Crippen molar-refractivity contribution in [3.8, 4) is 11.1 Å². The number of nitrogens with zero attached hydrogens (tertiary/aromatic N) is 1. The third-order valence-electron chi connectivity index (χ3n) is 3.64. The number of aromatic nitrogens is 1. The second kappa shape index (κ2) is 3.18. The van der Waals surface area contributed by atoms with E-state index in [-0.39, 0.29) is 0 Å². The van der Waals surface area contributed by atoms with E-state index in [1.165, 1.54) is 33.4 Å². The fraction of sp³-hybridized carbons (Fsp3) is 0.267. The lowest BCUT2D eigenvalue weighted by atomic mass is 9.97. The van der Waals surface area contributed by atoms with Gasteiger partial charge in [0, 0.05) is 18.3 Å². The highest BCUT2D eigenvalue weighted by molar-refractivity contribution is 5.81. The molecule has 0 atom stereocenters. The molecule has 0 bridgehead atoms. The van der Waals surface area contributed by atoms with Crippen LogP contribution < -0.4 is 0 Å². The monoisotopic (exact) mass is 209 g/mol. The van der Waals surface area contributed by atoms with Gasteiger partial charge in [-0.2, -0.15) is 0 Å². The maximum Gasteiger partial charge on any atom is 0.0408 e. The summed E-state index contributed by atoms with van der Waals surface area (Å²) in [4.78, 5) is 4.46. The lowest BCUT2D eigenvalue weighted by Gasteiger charge is -2.09. The first-order valence-electron chi connectivity index (χ1n) is 5.72. The van der Waals surface area contributed by atoms with Crippen molar-refractivity contribution in [2.45, 2.75) is 27.2 Å². The molecule has 0 saturated carbocycles. The Bertz CT molecular complexity index is 582. The standard InChI is InChI=1S/C15H15N/c1-9-5-4-6-12-7-13-8-16-11(3)10(2)15(13)14(9)12/h4-6,8H,7H2,1-3H3. The zero-order valence-electron chi connectivity index (χ0n) is 9.96. The molecule has 0 unspecified atom stereocenters. The van der Waals surface area contributed by atoms with E-state index in [1.807, 2.05) is 6.20 Å². The van der Waals surface area contributed by atoms with Crippen LogP contribution in [0.4, 0.5) is 0 Å². The van der Waals surface area contributed by atoms with Gasteiger partial charge in [-0.25, -0.2) is 0 Å². The van der Waals surface area contributed by atoms with Gasteiger partial charge >= 0.3 is 0 Å². The van der Waals surface area contributed by atoms with Crippen molar-refractivity contribution in [2.75, 3.05) is 0 Å². The first kappa shape index (κ1) is 9.59. The number of hydrogen-bond acceptors (Lipinski definition) is 1. The molecule has 0 saturated heterocycles. The van der Waals surface area contributed by atoms with Crippen molar-refractivity contribution in [3.05, 3.63) is 52.3 Å². The van der Waals surface area contributed by atoms with E-state index >= 15 is 0 Å². The maximum atomic E-state index is 4.46. The molecule has 0 N–H and O–H groups in total. The minimum atomic E-state index is 1.04. The number of benzene rings is 1. The van der Waals surface area contributed by atoms with Crippen LogP contribution in [0.2, 0.25) is 0 Å². The Morgan fingerprint density at radius 2 is 1.81 bits per heavy atom. The summed E-state index contributed by atoms with van der Waals surface area (Å²) in [7, 11) is 0. The molecule has 1 aromatic carbocycles. The Kier molecular flexibility index (Phi) is 1.90. The normalized spacial score (nSPS) is 12.4. The summed E-state index contributed by atoms with van der Waals surface area (Å²) < 4.78 is 0. The van der Waals surface area contributed by atoms with Crippen LogP contribution in [0.1, 0.15) is 27.9 Å². The third kappa shape index (κ3) is 1.15. The van der Waals surface area contributed by atoms with Crippen molar-refractivity contribution >= 4 is 0 Å². The maximum absolute atomic E-state index is 4.46. The fourth-order valence-electron chi connectivity index (χ4n) is 2.68. The molecular weight excluding hydrogens is 194 g/mol. The topological polar surface area (TPSA) is 12.9 Å². The number of aryl methyl sites for hydroxylation is 2. The molecule has 0 aliphatic heterocycles. The van der Waals surface area contributed by atoms with Gasteiger partial charge < -0.3 is 0 Å². The number of pyridine rings is 1. The summed E-state index contributed by atoms with van der Waals surface area (Å²) >= 11 is 0. The molecule has 1 aliphatic rings. The van der Waals surface area contributed by atoms with Gasteiger partial charge in [0.1, 0.15) is 0 Å². The number of fused-ring (bicyclic) bond motifs is 3. The largest absolute Gasteiger partial charge is 0.261 e. The second-order valence-electron chi connectivity index (χ2n) is 4.65. The molecule has 1 heterocycles. The Balaban J connectivity index is 2.39. The van der Waals surface area contributed by atoms with Crippen LogP contribution in [0.15, 0.2) is 24.4 Å². The Labute approximate surface area is 96.2 Å². The average Bonchev–Trinajstić information content (AvgIpc) is 2.64. The van der Waals surface area contributed by atoms with Crippen LogP contribution >= 0.6 is 0 Å². The first-order valence-corrected chi connectivity index (χ1v) is 5.72. The Hall–Kier alpha value is -1.63. The SMILES string of the molecule is Cc1cccc2c1-c1c(cnc(C)c1C)C2. The molecular formula is C15H15N. The van der Waals surface area contributed by atoms with Crippen molar-refractivity contribution in [2.24, 2.45) is 0 Å². The molecule has 0 amide bonds. The summed E-state index contributed by atoms with van der Waals surface area (Å²) in [6, 6.07) is 6.58. The molecule has 0 fully saturated rings. The van der Waals surface area contributed by atoms with E-state index in [1.54, 1.807) is 0 Å². The quantitative estimate of drug-likeness (QED) is 0.551. The predicted octanol–water partition coefficient (Wildman–Crippen LogP) is 3.58. The molecule has 1 nitrogen and oxygen atoms in total. The zero-order valence-corrected chi connectivity index (χ0v) is 9.96. The summed E-state index contributed by atoms with van der Waals surface area (Å²) in [5.74, 6) is 0. The van der Waals surface area contributed by atoms with E-state index in [2.05, 4.69) is 44.0 Å². The molecule has 16 heavy (non-hydrogen) atoms. The van der Waals surface area contributed by atoms with Gasteiger partial charge in [-0.05, 0) is 54.2 Å². The van der Waals surface area contributed by atoms with Gasteiger partial charge in [0.25, 0.3) is 0 Å². The van der Waals surface area contributed by atoms with Crippen molar-refractivity contribution in [3.63, 3.8) is 0 Å². The highest BCUT2D eigenvalue weighted by atomic mass is 14.7. The van der Waals surface area contributed by atoms with Crippen LogP contribution in [0, 0.1) is 20.8 Å². The second-order valence-corrected chi connectivity index (χ2v) is 4.65. The molecule has 1 aromatic heterocycles. The highest BCUT2D eigenvalue weighted by Crippen LogP contribution is 2.40. The Morgan fingerprint density at radius 3 is 2.62 bits per heavy atom. The van der Waals surface area contributed by atoms with Crippen molar-refractivity contribution < 1.29 is 0 Å². The van der Waals surface area contributed by atoms with Crippen LogP contribution in [0.5, 0.6) is 0 Å². The smallest absolute Gasteiger partial charge is 0.0408 e. The summed E-state index contributed by atoms with van der Waals surface area (Å²) in [6.45, 7) is 6.47. The van der Waals surface area contributed by atoms with Crippen LogP contribution in [0.3, 0.4) is 0 Å². The van der Waals surface area contributed by atoms with Gasteiger partial charge in [-0.3, -0.25) is 4.98 Å². The van der Waals surface area contributed by atoms with E-state index in [9.17, 15) is 0 Å². The van der Waals surface area contributed by atoms with E-state index < -0.39 is 0 Å². The molecule has 1 heteroatoms. The lowest BCUT2D eigenvalue weighted by molar-refractivity contribution is 1.11. The van der Waals surface area contributed by atoms with Gasteiger partial charge in [-0.15, -0.1) is 0 Å². The third-order valence-corrected chi connectivity index (χ3v) is 3.64. The molecule has 0 radical (unpaired) electrons. The lowest BCUT2D eigenvalue weighted by Crippen LogP contribution is -1.93. The molecule has 1 aliphatic carbocycles. The van der Waals surface area contributed by atoms with Crippen molar-refractivity contribution in [1.82, 2.24) is 4.98 Å².